The van der Waals surface area contributed by atoms with Crippen LogP contribution in [0, 0.1) is 6.92 Å². The van der Waals surface area contributed by atoms with Crippen LogP contribution in [0.3, 0.4) is 0 Å². The van der Waals surface area contributed by atoms with Crippen LogP contribution in [0.1, 0.15) is 5.56 Å². The van der Waals surface area contributed by atoms with Crippen LogP contribution < -0.4 is 4.90 Å². The van der Waals surface area contributed by atoms with Crippen molar-refractivity contribution in [2.75, 3.05) is 31.2 Å². The van der Waals surface area contributed by atoms with E-state index in [4.69, 9.17) is 16.3 Å². The monoisotopic (exact) mass is 291 g/mol. The van der Waals surface area contributed by atoms with Crippen molar-refractivity contribution in [3.05, 3.63) is 29.3 Å². The third-order valence-corrected chi connectivity index (χ3v) is 3.19. The number of rotatable bonds is 2. The maximum atomic E-state index is 6.02. The van der Waals surface area contributed by atoms with Crippen LogP contribution in [-0.4, -0.2) is 46.2 Å². The SMILES string of the molecule is Cc1cncc(-c2nc(Cl)nc(N3CCOCC3)n2)c1. The highest BCUT2D eigenvalue weighted by atomic mass is 35.5. The van der Waals surface area contributed by atoms with E-state index < -0.39 is 0 Å². The number of hydrogen-bond donors (Lipinski definition) is 0. The minimum Gasteiger partial charge on any atom is -0.378 e. The number of morpholine rings is 1. The number of nitrogens with zero attached hydrogens (tertiary/aromatic N) is 5. The smallest absolute Gasteiger partial charge is 0.230 e. The Balaban J connectivity index is 1.97. The van der Waals surface area contributed by atoms with Gasteiger partial charge in [0, 0.05) is 31.0 Å². The highest BCUT2D eigenvalue weighted by molar-refractivity contribution is 6.28. The van der Waals surface area contributed by atoms with E-state index in [1.807, 2.05) is 17.9 Å². The van der Waals surface area contributed by atoms with Crippen molar-refractivity contribution in [2.45, 2.75) is 6.92 Å². The first-order valence-corrected chi connectivity index (χ1v) is 6.76. The molecule has 0 N–H and O–H groups in total. The van der Waals surface area contributed by atoms with E-state index >= 15 is 0 Å². The Bertz CT molecular complexity index is 615. The van der Waals surface area contributed by atoms with Crippen LogP contribution in [0.5, 0.6) is 0 Å². The molecule has 0 amide bonds. The number of aromatic nitrogens is 4. The molecule has 7 heteroatoms. The van der Waals surface area contributed by atoms with E-state index in [-0.39, 0.29) is 5.28 Å². The van der Waals surface area contributed by atoms with Crippen LogP contribution in [0.15, 0.2) is 18.5 Å². The quantitative estimate of drug-likeness (QED) is 0.840. The topological polar surface area (TPSA) is 64.0 Å². The zero-order valence-corrected chi connectivity index (χ0v) is 11.8. The average molecular weight is 292 g/mol. The van der Waals surface area contributed by atoms with E-state index in [9.17, 15) is 0 Å². The Kier molecular flexibility index (Phi) is 3.75. The summed E-state index contributed by atoms with van der Waals surface area (Å²) >= 11 is 6.02. The van der Waals surface area contributed by atoms with Gasteiger partial charge in [0.05, 0.1) is 13.2 Å². The van der Waals surface area contributed by atoms with Gasteiger partial charge in [-0.3, -0.25) is 4.98 Å². The van der Waals surface area contributed by atoms with Crippen LogP contribution in [-0.2, 0) is 4.74 Å². The molecule has 1 aliphatic heterocycles. The fourth-order valence-corrected chi connectivity index (χ4v) is 2.21. The summed E-state index contributed by atoms with van der Waals surface area (Å²) in [5.41, 5.74) is 1.88. The maximum absolute atomic E-state index is 6.02. The summed E-state index contributed by atoms with van der Waals surface area (Å²) < 4.78 is 5.33. The Labute approximate surface area is 121 Å². The molecule has 2 aromatic heterocycles. The lowest BCUT2D eigenvalue weighted by atomic mass is 10.2. The number of hydrogen-bond acceptors (Lipinski definition) is 6. The van der Waals surface area contributed by atoms with E-state index in [1.54, 1.807) is 12.4 Å². The first kappa shape index (κ1) is 13.2. The molecule has 3 heterocycles. The van der Waals surface area contributed by atoms with Crippen molar-refractivity contribution in [1.82, 2.24) is 19.9 Å². The van der Waals surface area contributed by atoms with Crippen molar-refractivity contribution < 1.29 is 4.74 Å². The van der Waals surface area contributed by atoms with E-state index in [0.29, 0.717) is 25.0 Å². The lowest BCUT2D eigenvalue weighted by molar-refractivity contribution is 0.122. The van der Waals surface area contributed by atoms with Crippen molar-refractivity contribution >= 4 is 17.5 Å². The molecule has 0 atom stereocenters. The largest absolute Gasteiger partial charge is 0.378 e. The van der Waals surface area contributed by atoms with Crippen molar-refractivity contribution in [3.63, 3.8) is 0 Å². The summed E-state index contributed by atoms with van der Waals surface area (Å²) in [4.78, 5) is 19.1. The molecule has 2 aromatic rings. The molecule has 0 aliphatic carbocycles. The fraction of sp³-hybridized carbons (Fsp3) is 0.385. The van der Waals surface area contributed by atoms with E-state index in [1.165, 1.54) is 0 Å². The highest BCUT2D eigenvalue weighted by Gasteiger charge is 2.16. The predicted octanol–water partition coefficient (Wildman–Crippen LogP) is 1.73. The van der Waals surface area contributed by atoms with Gasteiger partial charge in [0.15, 0.2) is 5.82 Å². The van der Waals surface area contributed by atoms with Gasteiger partial charge in [-0.25, -0.2) is 0 Å². The number of ether oxygens (including phenoxy) is 1. The van der Waals surface area contributed by atoms with Crippen LogP contribution >= 0.6 is 11.6 Å². The molecule has 0 spiro atoms. The summed E-state index contributed by atoms with van der Waals surface area (Å²) in [6.45, 7) is 4.83. The molecule has 0 saturated carbocycles. The number of aryl methyl sites for hydroxylation is 1. The van der Waals surface area contributed by atoms with Crippen LogP contribution in [0.2, 0.25) is 5.28 Å². The number of anilines is 1. The second-order valence-corrected chi connectivity index (χ2v) is 4.92. The molecule has 1 fully saturated rings. The number of pyridine rings is 1. The second kappa shape index (κ2) is 5.68. The molecule has 0 bridgehead atoms. The maximum Gasteiger partial charge on any atom is 0.230 e. The zero-order chi connectivity index (χ0) is 13.9. The van der Waals surface area contributed by atoms with Crippen molar-refractivity contribution in [2.24, 2.45) is 0 Å². The predicted molar refractivity (Wildman–Crippen MR) is 75.8 cm³/mol. The number of halogens is 1. The lowest BCUT2D eigenvalue weighted by Crippen LogP contribution is -2.37. The van der Waals surface area contributed by atoms with Gasteiger partial charge in [0.2, 0.25) is 11.2 Å². The first-order chi connectivity index (χ1) is 9.72. The van der Waals surface area contributed by atoms with E-state index in [2.05, 4.69) is 19.9 Å². The van der Waals surface area contributed by atoms with Crippen molar-refractivity contribution in [3.8, 4) is 11.4 Å². The second-order valence-electron chi connectivity index (χ2n) is 4.58. The van der Waals surface area contributed by atoms with Crippen LogP contribution in [0.25, 0.3) is 11.4 Å². The van der Waals surface area contributed by atoms with Gasteiger partial charge in [0.25, 0.3) is 0 Å². The molecular formula is C13H14ClN5O. The van der Waals surface area contributed by atoms with Gasteiger partial charge in [-0.15, -0.1) is 0 Å². The highest BCUT2D eigenvalue weighted by Crippen LogP contribution is 2.20. The molecule has 1 aliphatic rings. The zero-order valence-electron chi connectivity index (χ0n) is 11.1. The molecule has 6 nitrogen and oxygen atoms in total. The molecule has 104 valence electrons. The first-order valence-electron chi connectivity index (χ1n) is 6.39. The summed E-state index contributed by atoms with van der Waals surface area (Å²) in [6.07, 6.45) is 3.51. The Morgan fingerprint density at radius 1 is 1.15 bits per heavy atom. The normalized spacial score (nSPS) is 15.4. The van der Waals surface area contributed by atoms with Gasteiger partial charge in [-0.1, -0.05) is 0 Å². The van der Waals surface area contributed by atoms with E-state index in [0.717, 1.165) is 24.2 Å². The minimum absolute atomic E-state index is 0.193. The lowest BCUT2D eigenvalue weighted by Gasteiger charge is -2.26. The molecular weight excluding hydrogens is 278 g/mol. The average Bonchev–Trinajstić information content (AvgIpc) is 2.47. The molecule has 0 aromatic carbocycles. The summed E-state index contributed by atoms with van der Waals surface area (Å²) in [5.74, 6) is 1.13. The van der Waals surface area contributed by atoms with Gasteiger partial charge >= 0.3 is 0 Å². The summed E-state index contributed by atoms with van der Waals surface area (Å²) in [7, 11) is 0. The van der Waals surface area contributed by atoms with Gasteiger partial charge < -0.3 is 9.64 Å². The molecule has 0 unspecified atom stereocenters. The summed E-state index contributed by atoms with van der Waals surface area (Å²) in [5, 5.41) is 0.193. The summed E-state index contributed by atoms with van der Waals surface area (Å²) in [6, 6.07) is 1.97. The Morgan fingerprint density at radius 3 is 2.70 bits per heavy atom. The fourth-order valence-electron chi connectivity index (χ4n) is 2.05. The Morgan fingerprint density at radius 2 is 1.95 bits per heavy atom. The Hall–Kier alpha value is -1.79. The van der Waals surface area contributed by atoms with Gasteiger partial charge in [0.1, 0.15) is 0 Å². The molecule has 20 heavy (non-hydrogen) atoms. The third kappa shape index (κ3) is 2.86. The molecule has 0 radical (unpaired) electrons. The third-order valence-electron chi connectivity index (χ3n) is 3.02. The standard InChI is InChI=1S/C13H14ClN5O/c1-9-6-10(8-15-7-9)11-16-12(14)18-13(17-11)19-2-4-20-5-3-19/h6-8H,2-5H2,1H3. The molecule has 1 saturated heterocycles. The molecule has 3 rings (SSSR count). The van der Waals surface area contributed by atoms with Crippen molar-refractivity contribution in [1.29, 1.82) is 0 Å². The minimum atomic E-state index is 0.193. The van der Waals surface area contributed by atoms with Gasteiger partial charge in [-0.05, 0) is 30.2 Å². The van der Waals surface area contributed by atoms with Crippen LogP contribution in [0.4, 0.5) is 5.95 Å². The van der Waals surface area contributed by atoms with Gasteiger partial charge in [-0.2, -0.15) is 15.0 Å².